The highest BCUT2D eigenvalue weighted by Crippen LogP contribution is 2.41. The van der Waals surface area contributed by atoms with Gasteiger partial charge in [0.1, 0.15) is 0 Å². The van der Waals surface area contributed by atoms with Gasteiger partial charge in [0, 0.05) is 24.7 Å². The van der Waals surface area contributed by atoms with Gasteiger partial charge in [0.15, 0.2) is 0 Å². The first-order chi connectivity index (χ1) is 8.61. The molecule has 0 unspecified atom stereocenters. The lowest BCUT2D eigenvalue weighted by Gasteiger charge is -2.45. The average Bonchev–Trinajstić information content (AvgIpc) is 2.60. The fourth-order valence-corrected chi connectivity index (χ4v) is 2.56. The molecule has 0 aliphatic heterocycles. The van der Waals surface area contributed by atoms with Gasteiger partial charge in [-0.05, 0) is 44.4 Å². The normalized spacial score (nSPS) is 31.7. The Bertz CT molecular complexity index is 360. The lowest BCUT2D eigenvalue weighted by atomic mass is 9.69. The van der Waals surface area contributed by atoms with E-state index in [1.54, 1.807) is 0 Å². The van der Waals surface area contributed by atoms with Crippen molar-refractivity contribution in [3.8, 4) is 0 Å². The van der Waals surface area contributed by atoms with Crippen LogP contribution in [0.15, 0.2) is 36.1 Å². The summed E-state index contributed by atoms with van der Waals surface area (Å²) in [5.41, 5.74) is 7.22. The zero-order chi connectivity index (χ0) is 13.0. The van der Waals surface area contributed by atoms with Gasteiger partial charge in [0.2, 0.25) is 0 Å². The van der Waals surface area contributed by atoms with Crippen LogP contribution in [0, 0.1) is 5.92 Å². The van der Waals surface area contributed by atoms with E-state index in [1.165, 1.54) is 18.4 Å². The van der Waals surface area contributed by atoms with Crippen molar-refractivity contribution >= 4 is 0 Å². The monoisotopic (exact) mass is 247 g/mol. The Balaban J connectivity index is 1.66. The molecule has 100 valence electrons. The number of nitrogens with one attached hydrogen (secondary N) is 2. The highest BCUT2D eigenvalue weighted by Gasteiger charge is 2.40. The summed E-state index contributed by atoms with van der Waals surface area (Å²) in [5, 5.41) is 6.97. The minimum Gasteiger partial charge on any atom is -0.390 e. The number of nitrogens with two attached hydrogens (primary N) is 1. The zero-order valence-electron chi connectivity index (χ0n) is 11.4. The molecule has 2 bridgehead atoms. The summed E-state index contributed by atoms with van der Waals surface area (Å²) in [4.78, 5) is 0. The van der Waals surface area contributed by atoms with Gasteiger partial charge in [0.25, 0.3) is 0 Å². The van der Waals surface area contributed by atoms with Crippen LogP contribution in [0.1, 0.15) is 26.7 Å². The molecule has 0 aromatic heterocycles. The van der Waals surface area contributed by atoms with Gasteiger partial charge in [0.05, 0.1) is 0 Å². The summed E-state index contributed by atoms with van der Waals surface area (Å²) in [5.74, 6) is 0.778. The minimum absolute atomic E-state index is 0.132. The summed E-state index contributed by atoms with van der Waals surface area (Å²) in [6.07, 6.45) is 13.5. The maximum Gasteiger partial charge on any atom is 0.0379 e. The van der Waals surface area contributed by atoms with Crippen molar-refractivity contribution in [1.82, 2.24) is 10.6 Å². The third-order valence-corrected chi connectivity index (χ3v) is 3.96. The molecule has 3 aliphatic rings. The number of allylic oxidation sites excluding steroid dienone is 3. The maximum absolute atomic E-state index is 5.77. The van der Waals surface area contributed by atoms with Crippen LogP contribution in [0.3, 0.4) is 0 Å². The van der Waals surface area contributed by atoms with Crippen LogP contribution in [-0.2, 0) is 0 Å². The first kappa shape index (κ1) is 13.4. The molecular weight excluding hydrogens is 222 g/mol. The van der Waals surface area contributed by atoms with E-state index in [0.717, 1.165) is 19.0 Å². The van der Waals surface area contributed by atoms with Gasteiger partial charge >= 0.3 is 0 Å². The van der Waals surface area contributed by atoms with E-state index in [4.69, 9.17) is 5.73 Å². The summed E-state index contributed by atoms with van der Waals surface area (Å²) in [6, 6.07) is 0.132. The fraction of sp³-hybridized carbons (Fsp3) is 0.600. The van der Waals surface area contributed by atoms with Gasteiger partial charge in [-0.15, -0.1) is 0 Å². The van der Waals surface area contributed by atoms with Crippen LogP contribution in [-0.4, -0.2) is 24.7 Å². The Morgan fingerprint density at radius 1 is 1.44 bits per heavy atom. The van der Waals surface area contributed by atoms with Crippen LogP contribution < -0.4 is 16.4 Å². The van der Waals surface area contributed by atoms with Gasteiger partial charge in [-0.25, -0.2) is 0 Å². The quantitative estimate of drug-likeness (QED) is 0.626. The lowest BCUT2D eigenvalue weighted by molar-refractivity contribution is 0.190. The first-order valence-corrected chi connectivity index (χ1v) is 6.88. The number of hydrogen-bond acceptors (Lipinski definition) is 3. The SMILES string of the molecule is C/C(=C/NCCNC12C=CC=CC(C1)C2)[C@@H](C)N. The van der Waals surface area contributed by atoms with Crippen molar-refractivity contribution in [2.75, 3.05) is 13.1 Å². The van der Waals surface area contributed by atoms with Crippen LogP contribution >= 0.6 is 0 Å². The van der Waals surface area contributed by atoms with E-state index in [9.17, 15) is 0 Å². The van der Waals surface area contributed by atoms with E-state index in [0.29, 0.717) is 0 Å². The molecule has 0 heterocycles. The van der Waals surface area contributed by atoms with Crippen molar-refractivity contribution in [1.29, 1.82) is 0 Å². The molecule has 3 heteroatoms. The largest absolute Gasteiger partial charge is 0.390 e. The van der Waals surface area contributed by atoms with Crippen LogP contribution in [0.2, 0.25) is 0 Å². The zero-order valence-corrected chi connectivity index (χ0v) is 11.4. The van der Waals surface area contributed by atoms with Crippen LogP contribution in [0.4, 0.5) is 0 Å². The molecule has 0 radical (unpaired) electrons. The molecular formula is C15H25N3. The van der Waals surface area contributed by atoms with Crippen molar-refractivity contribution in [2.24, 2.45) is 11.7 Å². The van der Waals surface area contributed by atoms with E-state index in [-0.39, 0.29) is 11.6 Å². The van der Waals surface area contributed by atoms with Crippen molar-refractivity contribution < 1.29 is 0 Å². The molecule has 18 heavy (non-hydrogen) atoms. The predicted octanol–water partition coefficient (Wildman–Crippen LogP) is 1.69. The second-order valence-corrected chi connectivity index (χ2v) is 5.63. The third-order valence-electron chi connectivity index (χ3n) is 3.96. The smallest absolute Gasteiger partial charge is 0.0379 e. The van der Waals surface area contributed by atoms with E-state index in [1.807, 2.05) is 13.1 Å². The first-order valence-electron chi connectivity index (χ1n) is 6.88. The number of hydrogen-bond donors (Lipinski definition) is 3. The fourth-order valence-electron chi connectivity index (χ4n) is 2.56. The molecule has 4 N–H and O–H groups in total. The van der Waals surface area contributed by atoms with Crippen molar-refractivity contribution in [3.05, 3.63) is 36.1 Å². The van der Waals surface area contributed by atoms with Crippen molar-refractivity contribution in [3.63, 3.8) is 0 Å². The Morgan fingerprint density at radius 2 is 2.22 bits per heavy atom. The Labute approximate surface area is 110 Å². The van der Waals surface area contributed by atoms with E-state index >= 15 is 0 Å². The number of fused-ring (bicyclic) bond motifs is 1. The Morgan fingerprint density at radius 3 is 2.94 bits per heavy atom. The van der Waals surface area contributed by atoms with E-state index in [2.05, 4.69) is 41.9 Å². The standard InChI is InChI=1S/C15H25N3/c1-12(13(2)16)11-17-7-8-18-15-6-4-3-5-14(9-15)10-15/h3-6,11,13-14,17-18H,7-10,16H2,1-2H3/b12-11-/t13-,14?,15?/m1/s1. The molecule has 0 aromatic carbocycles. The molecule has 3 rings (SSSR count). The van der Waals surface area contributed by atoms with E-state index < -0.39 is 0 Å². The third kappa shape index (κ3) is 3.24. The lowest BCUT2D eigenvalue weighted by Crippen LogP contribution is -2.54. The maximum atomic E-state index is 5.77. The molecule has 1 saturated carbocycles. The van der Waals surface area contributed by atoms with Gasteiger partial charge in [-0.1, -0.05) is 24.3 Å². The van der Waals surface area contributed by atoms with Gasteiger partial charge in [-0.3, -0.25) is 0 Å². The molecule has 0 aromatic rings. The highest BCUT2D eigenvalue weighted by atomic mass is 15.0. The molecule has 1 atom stereocenters. The Kier molecular flexibility index (Phi) is 4.25. The molecule has 3 nitrogen and oxygen atoms in total. The van der Waals surface area contributed by atoms with Crippen LogP contribution in [0.5, 0.6) is 0 Å². The molecule has 0 amide bonds. The summed E-state index contributed by atoms with van der Waals surface area (Å²) in [6.45, 7) is 5.99. The van der Waals surface area contributed by atoms with Gasteiger partial charge < -0.3 is 16.4 Å². The summed E-state index contributed by atoms with van der Waals surface area (Å²) in [7, 11) is 0. The predicted molar refractivity (Wildman–Crippen MR) is 77.1 cm³/mol. The van der Waals surface area contributed by atoms with Gasteiger partial charge in [-0.2, -0.15) is 0 Å². The summed E-state index contributed by atoms with van der Waals surface area (Å²) < 4.78 is 0. The molecule has 3 aliphatic carbocycles. The highest BCUT2D eigenvalue weighted by molar-refractivity contribution is 5.25. The summed E-state index contributed by atoms with van der Waals surface area (Å²) >= 11 is 0. The Hall–Kier alpha value is -1.06. The van der Waals surface area contributed by atoms with Crippen LogP contribution in [0.25, 0.3) is 0 Å². The molecule has 0 spiro atoms. The second-order valence-electron chi connectivity index (χ2n) is 5.63. The minimum atomic E-state index is 0.132. The average molecular weight is 247 g/mol. The molecule has 1 fully saturated rings. The number of rotatable bonds is 6. The van der Waals surface area contributed by atoms with Crippen molar-refractivity contribution in [2.45, 2.75) is 38.3 Å². The molecule has 0 saturated heterocycles. The second kappa shape index (κ2) is 5.72. The topological polar surface area (TPSA) is 50.1 Å².